The van der Waals surface area contributed by atoms with Crippen molar-refractivity contribution in [2.45, 2.75) is 6.42 Å². The molecule has 178 valence electrons. The molecule has 9 nitrogen and oxygen atoms in total. The second-order valence-corrected chi connectivity index (χ2v) is 8.37. The molecule has 1 saturated heterocycles. The molecule has 0 saturated carbocycles. The van der Waals surface area contributed by atoms with E-state index in [2.05, 4.69) is 41.8 Å². The number of imidazole rings is 1. The number of benzene rings is 2. The molecule has 0 aliphatic carbocycles. The summed E-state index contributed by atoms with van der Waals surface area (Å²) in [5.74, 6) is 1.08. The lowest BCUT2D eigenvalue weighted by Gasteiger charge is -2.29. The highest BCUT2D eigenvalue weighted by Gasteiger charge is 2.22. The first kappa shape index (κ1) is 21.6. The van der Waals surface area contributed by atoms with E-state index in [0.717, 1.165) is 46.9 Å². The van der Waals surface area contributed by atoms with Crippen LogP contribution in [0.3, 0.4) is 0 Å². The predicted molar refractivity (Wildman–Crippen MR) is 130 cm³/mol. The van der Waals surface area contributed by atoms with Crippen LogP contribution in [0.4, 0.5) is 10.1 Å². The number of methoxy groups -OCH3 is 1. The fourth-order valence-electron chi connectivity index (χ4n) is 4.68. The fourth-order valence-corrected chi connectivity index (χ4v) is 4.68. The lowest BCUT2D eigenvalue weighted by molar-refractivity contribution is 0.122. The van der Waals surface area contributed by atoms with Gasteiger partial charge in [-0.25, -0.2) is 9.37 Å². The van der Waals surface area contributed by atoms with Crippen molar-refractivity contribution in [1.29, 1.82) is 0 Å². The molecule has 2 aromatic carbocycles. The second-order valence-electron chi connectivity index (χ2n) is 8.37. The number of ether oxygens (including phenoxy) is 2. The van der Waals surface area contributed by atoms with E-state index in [9.17, 15) is 4.39 Å². The summed E-state index contributed by atoms with van der Waals surface area (Å²) in [5.41, 5.74) is 4.70. The molecule has 6 rings (SSSR count). The third-order valence-electron chi connectivity index (χ3n) is 6.33. The zero-order chi connectivity index (χ0) is 23.8. The van der Waals surface area contributed by atoms with E-state index in [-0.39, 0.29) is 5.82 Å². The monoisotopic (exact) mass is 473 g/mol. The Kier molecular flexibility index (Phi) is 5.59. The summed E-state index contributed by atoms with van der Waals surface area (Å²) in [6, 6.07) is 11.1. The zero-order valence-corrected chi connectivity index (χ0v) is 19.2. The molecule has 0 spiro atoms. The minimum Gasteiger partial charge on any atom is -0.384 e. The van der Waals surface area contributed by atoms with Crippen molar-refractivity contribution in [2.24, 2.45) is 0 Å². The summed E-state index contributed by atoms with van der Waals surface area (Å²) in [5, 5.41) is 8.98. The number of nitrogens with zero attached hydrogens (tertiary/aromatic N) is 6. The van der Waals surface area contributed by atoms with Crippen LogP contribution in [0.25, 0.3) is 39.0 Å². The van der Waals surface area contributed by atoms with Gasteiger partial charge in [0.1, 0.15) is 29.0 Å². The maximum absolute atomic E-state index is 14.6. The number of para-hydroxylation sites is 1. The number of pyridine rings is 1. The molecule has 0 radical (unpaired) electrons. The van der Waals surface area contributed by atoms with Gasteiger partial charge in [0, 0.05) is 49.5 Å². The minimum atomic E-state index is -0.358. The minimum absolute atomic E-state index is 0.323. The molecule has 3 aromatic heterocycles. The van der Waals surface area contributed by atoms with Crippen molar-refractivity contribution in [3.63, 3.8) is 0 Å². The first-order valence-electron chi connectivity index (χ1n) is 11.5. The molecule has 1 fully saturated rings. The van der Waals surface area contributed by atoms with Gasteiger partial charge in [-0.15, -0.1) is 10.2 Å². The van der Waals surface area contributed by atoms with Crippen molar-refractivity contribution in [3.05, 3.63) is 60.6 Å². The lowest BCUT2D eigenvalue weighted by atomic mass is 10.1. The second kappa shape index (κ2) is 9.05. The largest absolute Gasteiger partial charge is 0.384 e. The number of aromatic nitrogens is 6. The summed E-state index contributed by atoms with van der Waals surface area (Å²) >= 11 is 0. The molecule has 0 bridgehead atoms. The van der Waals surface area contributed by atoms with E-state index in [4.69, 9.17) is 14.5 Å². The molecule has 0 amide bonds. The predicted octanol–water partition coefficient (Wildman–Crippen LogP) is 3.52. The van der Waals surface area contributed by atoms with Crippen molar-refractivity contribution >= 4 is 27.6 Å². The Morgan fingerprint density at radius 1 is 1.14 bits per heavy atom. The Morgan fingerprint density at radius 3 is 2.83 bits per heavy atom. The van der Waals surface area contributed by atoms with Gasteiger partial charge in [-0.3, -0.25) is 9.55 Å². The quantitative estimate of drug-likeness (QED) is 0.403. The molecule has 0 atom stereocenters. The van der Waals surface area contributed by atoms with Crippen LogP contribution in [0.2, 0.25) is 0 Å². The third-order valence-corrected chi connectivity index (χ3v) is 6.33. The van der Waals surface area contributed by atoms with Gasteiger partial charge in [-0.05, 0) is 24.3 Å². The summed E-state index contributed by atoms with van der Waals surface area (Å²) in [6.45, 7) is 3.41. The Bertz CT molecular complexity index is 1490. The molecule has 35 heavy (non-hydrogen) atoms. The number of halogens is 1. The van der Waals surface area contributed by atoms with Gasteiger partial charge in [0.05, 0.1) is 31.0 Å². The number of aromatic amines is 1. The molecule has 1 N–H and O–H groups in total. The van der Waals surface area contributed by atoms with E-state index < -0.39 is 0 Å². The zero-order valence-electron chi connectivity index (χ0n) is 19.2. The normalized spacial score (nSPS) is 14.3. The summed E-state index contributed by atoms with van der Waals surface area (Å²) in [7, 11) is 1.67. The van der Waals surface area contributed by atoms with Gasteiger partial charge >= 0.3 is 0 Å². The van der Waals surface area contributed by atoms with Crippen LogP contribution in [-0.2, 0) is 15.9 Å². The maximum atomic E-state index is 14.6. The molecule has 1 aliphatic rings. The number of anilines is 1. The maximum Gasteiger partial charge on any atom is 0.163 e. The highest BCUT2D eigenvalue weighted by Crippen LogP contribution is 2.35. The van der Waals surface area contributed by atoms with Crippen molar-refractivity contribution in [3.8, 4) is 17.1 Å². The van der Waals surface area contributed by atoms with Gasteiger partial charge in [-0.2, -0.15) is 0 Å². The van der Waals surface area contributed by atoms with Gasteiger partial charge < -0.3 is 19.4 Å². The topological polar surface area (TPSA) is 94.0 Å². The molecule has 4 heterocycles. The standard InChI is InChI=1S/C25H24FN7O2/c1-34-10-6-22-30-24-18(25-28-15-29-31-25)13-16(32-8-11-35-12-9-32)14-21(24)33(22)20-5-7-27-23-17(20)3-2-4-19(23)26/h2-5,7,13-15H,6,8-12H2,1H3,(H,28,29,31). The van der Waals surface area contributed by atoms with Gasteiger partial charge in [0.15, 0.2) is 5.82 Å². The van der Waals surface area contributed by atoms with Crippen LogP contribution in [0.1, 0.15) is 5.82 Å². The molecule has 5 aromatic rings. The number of rotatable bonds is 6. The van der Waals surface area contributed by atoms with E-state index in [1.54, 1.807) is 25.7 Å². The molecule has 0 unspecified atom stereocenters. The molecular weight excluding hydrogens is 449 g/mol. The van der Waals surface area contributed by atoms with Gasteiger partial charge in [0.2, 0.25) is 0 Å². The summed E-state index contributed by atoms with van der Waals surface area (Å²) < 4.78 is 27.7. The molecule has 1 aliphatic heterocycles. The number of hydrogen-bond donors (Lipinski definition) is 1. The van der Waals surface area contributed by atoms with Crippen LogP contribution in [0.5, 0.6) is 0 Å². The highest BCUT2D eigenvalue weighted by molar-refractivity contribution is 5.97. The highest BCUT2D eigenvalue weighted by atomic mass is 19.1. The first-order chi connectivity index (χ1) is 17.2. The lowest BCUT2D eigenvalue weighted by Crippen LogP contribution is -2.36. The van der Waals surface area contributed by atoms with Gasteiger partial charge in [0.25, 0.3) is 0 Å². The summed E-state index contributed by atoms with van der Waals surface area (Å²) in [4.78, 5) is 14.7. The Balaban J connectivity index is 1.67. The summed E-state index contributed by atoms with van der Waals surface area (Å²) in [6.07, 6.45) is 3.77. The number of fused-ring (bicyclic) bond motifs is 2. The van der Waals surface area contributed by atoms with Crippen LogP contribution < -0.4 is 4.90 Å². The van der Waals surface area contributed by atoms with E-state index >= 15 is 0 Å². The number of H-pyrrole nitrogens is 1. The van der Waals surface area contributed by atoms with Crippen LogP contribution >= 0.6 is 0 Å². The smallest absolute Gasteiger partial charge is 0.163 e. The van der Waals surface area contributed by atoms with Crippen molar-refractivity contribution < 1.29 is 13.9 Å². The van der Waals surface area contributed by atoms with Crippen molar-refractivity contribution in [2.75, 3.05) is 44.9 Å². The van der Waals surface area contributed by atoms with Crippen molar-refractivity contribution in [1.82, 2.24) is 29.7 Å². The number of nitrogens with one attached hydrogen (secondary N) is 1. The van der Waals surface area contributed by atoms with Crippen LogP contribution in [0, 0.1) is 5.82 Å². The van der Waals surface area contributed by atoms with Crippen LogP contribution in [-0.4, -0.2) is 69.7 Å². The Hall–Kier alpha value is -3.89. The fraction of sp³-hybridized carbons (Fsp3) is 0.280. The number of hydrogen-bond acceptors (Lipinski definition) is 7. The van der Waals surface area contributed by atoms with E-state index in [1.165, 1.54) is 6.07 Å². The third kappa shape index (κ3) is 3.80. The SMILES string of the molecule is COCCc1nc2c(-c3nnc[nH]3)cc(N3CCOCC3)cc2n1-c1ccnc2c(F)cccc12. The van der Waals surface area contributed by atoms with Crippen LogP contribution in [0.15, 0.2) is 48.9 Å². The molecular formula is C25H24FN7O2. The Labute approximate surface area is 200 Å². The van der Waals surface area contributed by atoms with E-state index in [0.29, 0.717) is 43.0 Å². The molecule has 10 heteroatoms. The van der Waals surface area contributed by atoms with Gasteiger partial charge in [-0.1, -0.05) is 12.1 Å². The first-order valence-corrected chi connectivity index (χ1v) is 11.5. The Morgan fingerprint density at radius 2 is 2.03 bits per heavy atom. The average molecular weight is 474 g/mol. The van der Waals surface area contributed by atoms with E-state index in [1.807, 2.05) is 12.1 Å². The number of morpholine rings is 1. The average Bonchev–Trinajstić information content (AvgIpc) is 3.56.